The lowest BCUT2D eigenvalue weighted by Crippen LogP contribution is -2.53. The van der Waals surface area contributed by atoms with Crippen LogP contribution < -0.4 is 0 Å². The largest absolute Gasteiger partial charge is 0.253 e. The summed E-state index contributed by atoms with van der Waals surface area (Å²) in [6, 6.07) is 0. The van der Waals surface area contributed by atoms with Gasteiger partial charge in [0.05, 0.1) is 0 Å². The zero-order valence-corrected chi connectivity index (χ0v) is 12.2. The summed E-state index contributed by atoms with van der Waals surface area (Å²) in [5.41, 5.74) is 0. The van der Waals surface area contributed by atoms with Gasteiger partial charge in [0.1, 0.15) is 31.4 Å². The van der Waals surface area contributed by atoms with Gasteiger partial charge >= 0.3 is 0 Å². The number of hydrogen-bond acceptors (Lipinski definition) is 2. The first-order chi connectivity index (χ1) is 6.70. The van der Waals surface area contributed by atoms with Crippen molar-refractivity contribution in [2.24, 2.45) is 11.8 Å². The first kappa shape index (κ1) is 13.6. The average Bonchev–Trinajstić information content (AvgIpc) is 1.97. The first-order valence-corrected chi connectivity index (χ1v) is 7.18. The van der Waals surface area contributed by atoms with Crippen molar-refractivity contribution in [3.63, 3.8) is 0 Å². The molecule has 82 valence electrons. The van der Waals surface area contributed by atoms with Gasteiger partial charge in [-0.3, -0.25) is 4.31 Å². The molecule has 0 N–H and O–H groups in total. The van der Waals surface area contributed by atoms with E-state index in [-0.39, 0.29) is 0 Å². The van der Waals surface area contributed by atoms with Gasteiger partial charge in [0.2, 0.25) is 0 Å². The predicted octanol–water partition coefficient (Wildman–Crippen LogP) is -1.38. The lowest BCUT2D eigenvalue weighted by Gasteiger charge is -2.55. The van der Waals surface area contributed by atoms with E-state index in [0.717, 1.165) is 11.8 Å². The Hall–Kier alpha value is 0.570. The number of hydrogen-bond donors (Lipinski definition) is 0. The molecule has 15 heavy (non-hydrogen) atoms. The van der Waals surface area contributed by atoms with Crippen LogP contribution in [0.3, 0.4) is 0 Å². The summed E-state index contributed by atoms with van der Waals surface area (Å²) < 4.78 is 2.53. The molecule has 0 aliphatic carbocycles. The lowest BCUT2D eigenvalue weighted by atomic mass is 9.32. The van der Waals surface area contributed by atoms with Crippen LogP contribution in [0.25, 0.3) is 0 Å². The molecule has 1 nitrogen and oxygen atoms in total. The summed E-state index contributed by atoms with van der Waals surface area (Å²) in [5.74, 6) is 1.59. The van der Waals surface area contributed by atoms with E-state index in [4.69, 9.17) is 0 Å². The summed E-state index contributed by atoms with van der Waals surface area (Å²) in [4.78, 5) is 0. The molecule has 0 atom stereocenters. The molecule has 1 fully saturated rings. The van der Waals surface area contributed by atoms with Crippen molar-refractivity contribution in [3.8, 4) is 0 Å². The molecule has 0 unspecified atom stereocenters. The monoisotopic (exact) mass is 221 g/mol. The van der Waals surface area contributed by atoms with Crippen molar-refractivity contribution < 1.29 is 0 Å². The molecule has 0 aromatic carbocycles. The molecule has 0 aromatic heterocycles. The van der Waals surface area contributed by atoms with E-state index >= 15 is 0 Å². The third-order valence-corrected chi connectivity index (χ3v) is 4.55. The highest BCUT2D eigenvalue weighted by Crippen LogP contribution is 2.52. The van der Waals surface area contributed by atoms with Crippen LogP contribution in [0.4, 0.5) is 0 Å². The van der Waals surface area contributed by atoms with Crippen molar-refractivity contribution in [3.05, 3.63) is 0 Å². The van der Waals surface area contributed by atoms with E-state index in [1.54, 1.807) is 0 Å². The van der Waals surface area contributed by atoms with Gasteiger partial charge < -0.3 is 0 Å². The smallest absolute Gasteiger partial charge is 0.101 e. The summed E-state index contributed by atoms with van der Waals surface area (Å²) in [7, 11) is 9.73. The topological polar surface area (TPSA) is 3.24 Å². The molecule has 1 saturated heterocycles. The van der Waals surface area contributed by atoms with Gasteiger partial charge in [-0.15, -0.1) is 0 Å². The van der Waals surface area contributed by atoms with E-state index in [0.29, 0.717) is 10.4 Å². The fourth-order valence-electron chi connectivity index (χ4n) is 4.15. The SMILES string of the molecule is BC1(B)CN(SC)CC(B)(B)C1C(C)C. The number of rotatable bonds is 2. The Morgan fingerprint density at radius 3 is 1.80 bits per heavy atom. The second-order valence-electron chi connectivity index (χ2n) is 6.68. The Bertz CT molecular complexity index is 214. The highest BCUT2D eigenvalue weighted by molar-refractivity contribution is 7.96. The van der Waals surface area contributed by atoms with E-state index in [1.807, 2.05) is 11.9 Å². The zero-order chi connectivity index (χ0) is 11.9. The van der Waals surface area contributed by atoms with Gasteiger partial charge in [0, 0.05) is 13.1 Å². The van der Waals surface area contributed by atoms with E-state index in [9.17, 15) is 0 Å². The molecule has 1 aliphatic rings. The summed E-state index contributed by atoms with van der Waals surface area (Å²) >= 11 is 1.90. The minimum atomic E-state index is 0.429. The summed E-state index contributed by atoms with van der Waals surface area (Å²) in [6.45, 7) is 7.20. The van der Waals surface area contributed by atoms with Crippen molar-refractivity contribution in [2.45, 2.75) is 24.3 Å². The molecule has 6 heteroatoms. The molecule has 1 rings (SSSR count). The average molecular weight is 221 g/mol. The van der Waals surface area contributed by atoms with Gasteiger partial charge in [-0.2, -0.15) is 0 Å². The van der Waals surface area contributed by atoms with Gasteiger partial charge in [-0.1, -0.05) is 42.1 Å². The fourth-order valence-corrected chi connectivity index (χ4v) is 5.08. The summed E-state index contributed by atoms with van der Waals surface area (Å²) in [6.07, 6.45) is 2.20. The standard InChI is InChI=1S/C9H23B4NS/c1-6(2)7-8(10,11)4-14(15-3)5-9(7,12)13/h6-7H,4-5,10-13H2,1-3H3. The van der Waals surface area contributed by atoms with Crippen LogP contribution in [0.15, 0.2) is 0 Å². The van der Waals surface area contributed by atoms with Gasteiger partial charge in [-0.05, 0) is 12.2 Å². The van der Waals surface area contributed by atoms with Crippen LogP contribution >= 0.6 is 11.9 Å². The van der Waals surface area contributed by atoms with Crippen LogP contribution in [-0.4, -0.2) is 55.0 Å². The molecule has 0 saturated carbocycles. The van der Waals surface area contributed by atoms with Crippen molar-refractivity contribution in [2.75, 3.05) is 19.3 Å². The van der Waals surface area contributed by atoms with Gasteiger partial charge in [-0.25, -0.2) is 0 Å². The van der Waals surface area contributed by atoms with E-state index < -0.39 is 0 Å². The molecular formula is C9H23B4NS. The maximum Gasteiger partial charge on any atom is 0.101 e. The third-order valence-electron chi connectivity index (χ3n) is 3.78. The molecular weight excluding hydrogens is 197 g/mol. The Labute approximate surface area is 103 Å². The maximum absolute atomic E-state index is 2.53. The van der Waals surface area contributed by atoms with Crippen LogP contribution in [0.1, 0.15) is 13.8 Å². The molecule has 0 aromatic rings. The second-order valence-corrected chi connectivity index (χ2v) is 7.56. The second kappa shape index (κ2) is 4.44. The normalized spacial score (nSPS) is 26.9. The summed E-state index contributed by atoms with van der Waals surface area (Å²) in [5, 5.41) is 0.859. The lowest BCUT2D eigenvalue weighted by molar-refractivity contribution is 0.196. The van der Waals surface area contributed by atoms with E-state index in [1.165, 1.54) is 13.1 Å². The molecule has 1 aliphatic heterocycles. The molecule has 0 spiro atoms. The van der Waals surface area contributed by atoms with Crippen molar-refractivity contribution >= 4 is 43.3 Å². The highest BCUT2D eigenvalue weighted by Gasteiger charge is 2.47. The zero-order valence-electron chi connectivity index (χ0n) is 11.4. The quantitative estimate of drug-likeness (QED) is 0.417. The van der Waals surface area contributed by atoms with Crippen molar-refractivity contribution in [1.82, 2.24) is 4.31 Å². The van der Waals surface area contributed by atoms with Crippen LogP contribution in [0.5, 0.6) is 0 Å². The Morgan fingerprint density at radius 1 is 1.13 bits per heavy atom. The molecule has 0 amide bonds. The first-order valence-electron chi connectivity index (χ1n) is 6.00. The molecule has 0 radical (unpaired) electrons. The van der Waals surface area contributed by atoms with Crippen LogP contribution in [0.2, 0.25) is 10.4 Å². The van der Waals surface area contributed by atoms with Gasteiger partial charge in [0.15, 0.2) is 0 Å². The van der Waals surface area contributed by atoms with Crippen LogP contribution in [-0.2, 0) is 0 Å². The minimum absolute atomic E-state index is 0.429. The Kier molecular flexibility index (Phi) is 4.04. The Balaban J connectivity index is 2.95. The predicted molar refractivity (Wildman–Crippen MR) is 83.0 cm³/mol. The minimum Gasteiger partial charge on any atom is -0.253 e. The van der Waals surface area contributed by atoms with Gasteiger partial charge in [0.25, 0.3) is 0 Å². The number of nitrogens with zero attached hydrogens (tertiary/aromatic N) is 1. The van der Waals surface area contributed by atoms with Crippen LogP contribution in [0, 0.1) is 11.8 Å². The highest BCUT2D eigenvalue weighted by atomic mass is 32.2. The third kappa shape index (κ3) is 2.82. The maximum atomic E-state index is 2.53. The molecule has 0 bridgehead atoms. The van der Waals surface area contributed by atoms with E-state index in [2.05, 4.69) is 55.8 Å². The van der Waals surface area contributed by atoms with Crippen molar-refractivity contribution in [1.29, 1.82) is 0 Å². The Morgan fingerprint density at radius 2 is 1.53 bits per heavy atom. The fraction of sp³-hybridized carbons (Fsp3) is 1.00. The number of piperidine rings is 1. The molecule has 1 heterocycles.